The molecule has 0 fully saturated rings. The second-order valence-electron chi connectivity index (χ2n) is 2.78. The van der Waals surface area contributed by atoms with E-state index in [-0.39, 0.29) is 16.3 Å². The molecule has 0 heterocycles. The maximum atomic E-state index is 11.8. The fourth-order valence-electron chi connectivity index (χ4n) is 0.918. The van der Waals surface area contributed by atoms with Crippen molar-refractivity contribution >= 4 is 17.3 Å². The second kappa shape index (κ2) is 4.41. The molecule has 2 nitrogen and oxygen atoms in total. The van der Waals surface area contributed by atoms with Crippen LogP contribution in [0.2, 0.25) is 5.02 Å². The topological polar surface area (TPSA) is 35.8 Å². The Hall–Kier alpha value is -1.41. The highest BCUT2D eigenvalue weighted by atomic mass is 35.5. The minimum Gasteiger partial charge on any atom is -0.376 e. The molecule has 1 aromatic carbocycles. The van der Waals surface area contributed by atoms with Crippen molar-refractivity contribution in [3.05, 3.63) is 28.8 Å². The number of anilines is 1. The Kier molecular flexibility index (Phi) is 3.43. The predicted octanol–water partition coefficient (Wildman–Crippen LogP) is 3.19. The molecule has 0 aliphatic heterocycles. The molecule has 0 atom stereocenters. The molecule has 0 unspecified atom stereocenters. The molecule has 6 heteroatoms. The molecule has 0 aliphatic carbocycles. The lowest BCUT2D eigenvalue weighted by atomic mass is 10.2. The van der Waals surface area contributed by atoms with Crippen LogP contribution in [0.1, 0.15) is 5.56 Å². The first kappa shape index (κ1) is 11.7. The number of hydrogen-bond donors (Lipinski definition) is 1. The summed E-state index contributed by atoms with van der Waals surface area (Å²) in [6.45, 7) is -1.13. The summed E-state index contributed by atoms with van der Waals surface area (Å²) in [5.41, 5.74) is 0.463. The molecule has 0 saturated carbocycles. The van der Waals surface area contributed by atoms with Gasteiger partial charge in [-0.2, -0.15) is 18.4 Å². The highest BCUT2D eigenvalue weighted by Crippen LogP contribution is 2.22. The molecule has 80 valence electrons. The Bertz CT molecular complexity index is 395. The first-order chi connectivity index (χ1) is 6.92. The van der Waals surface area contributed by atoms with Gasteiger partial charge in [-0.3, -0.25) is 0 Å². The van der Waals surface area contributed by atoms with Crippen molar-refractivity contribution in [1.29, 1.82) is 5.26 Å². The van der Waals surface area contributed by atoms with Crippen LogP contribution in [0.3, 0.4) is 0 Å². The molecule has 0 spiro atoms. The maximum Gasteiger partial charge on any atom is 0.405 e. The van der Waals surface area contributed by atoms with Crippen LogP contribution < -0.4 is 5.32 Å². The Morgan fingerprint density at radius 3 is 2.53 bits per heavy atom. The van der Waals surface area contributed by atoms with Crippen LogP contribution in [-0.2, 0) is 0 Å². The van der Waals surface area contributed by atoms with E-state index in [2.05, 4.69) is 5.32 Å². The van der Waals surface area contributed by atoms with Gasteiger partial charge >= 0.3 is 6.18 Å². The molecular weight excluding hydrogens is 229 g/mol. The fourth-order valence-corrected chi connectivity index (χ4v) is 1.14. The molecule has 15 heavy (non-hydrogen) atoms. The maximum absolute atomic E-state index is 11.8. The van der Waals surface area contributed by atoms with Gasteiger partial charge in [0.2, 0.25) is 0 Å². The molecule has 1 aromatic rings. The van der Waals surface area contributed by atoms with Gasteiger partial charge in [0.15, 0.2) is 0 Å². The van der Waals surface area contributed by atoms with E-state index in [4.69, 9.17) is 16.9 Å². The summed E-state index contributed by atoms with van der Waals surface area (Å²) in [5.74, 6) is 0. The second-order valence-corrected chi connectivity index (χ2v) is 3.18. The number of alkyl halides is 3. The molecule has 1 rings (SSSR count). The van der Waals surface area contributed by atoms with Gasteiger partial charge in [-0.25, -0.2) is 0 Å². The Balaban J connectivity index is 2.73. The lowest BCUT2D eigenvalue weighted by Gasteiger charge is -2.09. The lowest BCUT2D eigenvalue weighted by molar-refractivity contribution is -0.115. The third-order valence-corrected chi connectivity index (χ3v) is 1.90. The van der Waals surface area contributed by atoms with Crippen LogP contribution in [0.15, 0.2) is 18.2 Å². The van der Waals surface area contributed by atoms with E-state index in [0.29, 0.717) is 0 Å². The molecule has 0 aliphatic rings. The number of benzene rings is 1. The molecular formula is C9H6ClF3N2. The smallest absolute Gasteiger partial charge is 0.376 e. The number of rotatable bonds is 2. The van der Waals surface area contributed by atoms with Gasteiger partial charge in [0, 0.05) is 5.69 Å². The van der Waals surface area contributed by atoms with Gasteiger partial charge in [0.05, 0.1) is 10.6 Å². The van der Waals surface area contributed by atoms with Crippen LogP contribution in [0.5, 0.6) is 0 Å². The SMILES string of the molecule is N#Cc1ccc(NCC(F)(F)F)cc1Cl. The van der Waals surface area contributed by atoms with E-state index in [1.54, 1.807) is 0 Å². The normalized spacial score (nSPS) is 10.9. The van der Waals surface area contributed by atoms with Gasteiger partial charge in [-0.15, -0.1) is 0 Å². The molecule has 0 radical (unpaired) electrons. The van der Waals surface area contributed by atoms with Crippen LogP contribution >= 0.6 is 11.6 Å². The van der Waals surface area contributed by atoms with Crippen LogP contribution in [-0.4, -0.2) is 12.7 Å². The van der Waals surface area contributed by atoms with Crippen molar-refractivity contribution in [2.45, 2.75) is 6.18 Å². The minimum atomic E-state index is -4.28. The zero-order chi connectivity index (χ0) is 11.5. The Labute approximate surface area is 89.3 Å². The standard InChI is InChI=1S/C9H6ClF3N2/c10-8-3-7(2-1-6(8)4-14)15-5-9(11,12)13/h1-3,15H,5H2. The third-order valence-electron chi connectivity index (χ3n) is 1.58. The molecule has 0 aromatic heterocycles. The summed E-state index contributed by atoms with van der Waals surface area (Å²) in [6.07, 6.45) is -4.28. The Morgan fingerprint density at radius 1 is 1.40 bits per heavy atom. The van der Waals surface area contributed by atoms with Crippen LogP contribution in [0.25, 0.3) is 0 Å². The van der Waals surface area contributed by atoms with Gasteiger partial charge in [-0.05, 0) is 18.2 Å². The zero-order valence-electron chi connectivity index (χ0n) is 7.40. The molecule has 0 amide bonds. The van der Waals surface area contributed by atoms with E-state index in [1.807, 2.05) is 6.07 Å². The fraction of sp³-hybridized carbons (Fsp3) is 0.222. The monoisotopic (exact) mass is 234 g/mol. The van der Waals surface area contributed by atoms with Crippen LogP contribution in [0, 0.1) is 11.3 Å². The predicted molar refractivity (Wildman–Crippen MR) is 50.7 cm³/mol. The average molecular weight is 235 g/mol. The largest absolute Gasteiger partial charge is 0.405 e. The van der Waals surface area contributed by atoms with E-state index in [1.165, 1.54) is 18.2 Å². The Morgan fingerprint density at radius 2 is 2.07 bits per heavy atom. The number of nitrogens with one attached hydrogen (secondary N) is 1. The van der Waals surface area contributed by atoms with E-state index in [0.717, 1.165) is 0 Å². The van der Waals surface area contributed by atoms with Crippen molar-refractivity contribution in [2.75, 3.05) is 11.9 Å². The van der Waals surface area contributed by atoms with Crippen LogP contribution in [0.4, 0.5) is 18.9 Å². The average Bonchev–Trinajstić information content (AvgIpc) is 2.14. The van der Waals surface area contributed by atoms with Crippen molar-refractivity contribution in [1.82, 2.24) is 0 Å². The van der Waals surface area contributed by atoms with Gasteiger partial charge < -0.3 is 5.32 Å². The number of halogens is 4. The summed E-state index contributed by atoms with van der Waals surface area (Å²) in [6, 6.07) is 5.83. The van der Waals surface area contributed by atoms with Gasteiger partial charge in [0.1, 0.15) is 12.6 Å². The molecule has 0 saturated heterocycles. The van der Waals surface area contributed by atoms with Crippen molar-refractivity contribution in [3.63, 3.8) is 0 Å². The number of nitriles is 1. The van der Waals surface area contributed by atoms with E-state index >= 15 is 0 Å². The number of hydrogen-bond acceptors (Lipinski definition) is 2. The highest BCUT2D eigenvalue weighted by molar-refractivity contribution is 6.32. The van der Waals surface area contributed by atoms with Crippen molar-refractivity contribution in [2.24, 2.45) is 0 Å². The highest BCUT2D eigenvalue weighted by Gasteiger charge is 2.26. The summed E-state index contributed by atoms with van der Waals surface area (Å²) >= 11 is 5.64. The first-order valence-corrected chi connectivity index (χ1v) is 4.30. The summed E-state index contributed by atoms with van der Waals surface area (Å²) in [5, 5.41) is 10.8. The summed E-state index contributed by atoms with van der Waals surface area (Å²) < 4.78 is 35.5. The summed E-state index contributed by atoms with van der Waals surface area (Å²) in [7, 11) is 0. The van der Waals surface area contributed by atoms with E-state index < -0.39 is 12.7 Å². The third kappa shape index (κ3) is 3.68. The summed E-state index contributed by atoms with van der Waals surface area (Å²) in [4.78, 5) is 0. The lowest BCUT2D eigenvalue weighted by Crippen LogP contribution is -2.21. The van der Waals surface area contributed by atoms with Crippen molar-refractivity contribution < 1.29 is 13.2 Å². The number of nitrogens with zero attached hydrogens (tertiary/aromatic N) is 1. The van der Waals surface area contributed by atoms with Gasteiger partial charge in [0.25, 0.3) is 0 Å². The van der Waals surface area contributed by atoms with Gasteiger partial charge in [-0.1, -0.05) is 11.6 Å². The van der Waals surface area contributed by atoms with E-state index in [9.17, 15) is 13.2 Å². The quantitative estimate of drug-likeness (QED) is 0.853. The van der Waals surface area contributed by atoms with Crippen molar-refractivity contribution in [3.8, 4) is 6.07 Å². The first-order valence-electron chi connectivity index (χ1n) is 3.92. The molecule has 1 N–H and O–H groups in total. The zero-order valence-corrected chi connectivity index (χ0v) is 8.15. The minimum absolute atomic E-state index is 0.129. The molecule has 0 bridgehead atoms.